The molecular formula is C33H24ClNO3. The van der Waals surface area contributed by atoms with Crippen LogP contribution in [0.15, 0.2) is 121 Å². The highest BCUT2D eigenvalue weighted by atomic mass is 35.5. The first-order valence-corrected chi connectivity index (χ1v) is 12.8. The van der Waals surface area contributed by atoms with Gasteiger partial charge in [0.1, 0.15) is 5.75 Å². The largest absolute Gasteiger partial charge is 0.424 e. The van der Waals surface area contributed by atoms with E-state index >= 15 is 0 Å². The molecule has 1 amide bonds. The molecule has 6 rings (SSSR count). The van der Waals surface area contributed by atoms with Crippen LogP contribution in [0.5, 0.6) is 5.75 Å². The fraction of sp³-hybridized carbons (Fsp3) is 0.0909. The fourth-order valence-corrected chi connectivity index (χ4v) is 5.54. The topological polar surface area (TPSA) is 55.4 Å². The van der Waals surface area contributed by atoms with Gasteiger partial charge in [0.05, 0.1) is 0 Å². The molecular weight excluding hydrogens is 494 g/mol. The quantitative estimate of drug-likeness (QED) is 0.202. The summed E-state index contributed by atoms with van der Waals surface area (Å²) in [6, 6.07) is 38.1. The molecule has 0 aromatic heterocycles. The molecule has 5 aromatic rings. The van der Waals surface area contributed by atoms with E-state index < -0.39 is 17.4 Å². The first-order chi connectivity index (χ1) is 18.5. The Morgan fingerprint density at radius 3 is 2.18 bits per heavy atom. The Morgan fingerprint density at radius 2 is 1.45 bits per heavy atom. The van der Waals surface area contributed by atoms with Gasteiger partial charge in [0.2, 0.25) is 0 Å². The minimum Gasteiger partial charge on any atom is -0.424 e. The van der Waals surface area contributed by atoms with E-state index in [1.165, 1.54) is 0 Å². The molecule has 38 heavy (non-hydrogen) atoms. The second-order valence-electron chi connectivity index (χ2n) is 9.53. The molecule has 1 N–H and O–H groups in total. The van der Waals surface area contributed by atoms with E-state index in [2.05, 4.69) is 5.32 Å². The maximum atomic E-state index is 14.3. The third-order valence-electron chi connectivity index (χ3n) is 7.17. The summed E-state index contributed by atoms with van der Waals surface area (Å²) >= 11 is 6.07. The van der Waals surface area contributed by atoms with Gasteiger partial charge in [-0.3, -0.25) is 4.79 Å². The van der Waals surface area contributed by atoms with Crippen LogP contribution in [0, 0.1) is 0 Å². The number of hydrogen-bond donors (Lipinski definition) is 1. The van der Waals surface area contributed by atoms with E-state index in [9.17, 15) is 9.59 Å². The van der Waals surface area contributed by atoms with Crippen molar-refractivity contribution in [1.82, 2.24) is 5.32 Å². The Labute approximate surface area is 225 Å². The molecule has 1 heterocycles. The molecule has 0 saturated carbocycles. The molecule has 0 spiro atoms. The number of esters is 1. The number of halogens is 1. The number of nitrogens with one attached hydrogen (secondary N) is 1. The average Bonchev–Trinajstić information content (AvgIpc) is 2.95. The van der Waals surface area contributed by atoms with Crippen molar-refractivity contribution in [2.45, 2.75) is 17.9 Å². The lowest BCUT2D eigenvalue weighted by atomic mass is 9.69. The van der Waals surface area contributed by atoms with E-state index in [0.29, 0.717) is 16.3 Å². The highest BCUT2D eigenvalue weighted by Crippen LogP contribution is 2.48. The van der Waals surface area contributed by atoms with E-state index in [0.717, 1.165) is 27.5 Å². The summed E-state index contributed by atoms with van der Waals surface area (Å²) in [5, 5.41) is 5.51. The first-order valence-electron chi connectivity index (χ1n) is 12.5. The van der Waals surface area contributed by atoms with Gasteiger partial charge in [-0.2, -0.15) is 0 Å². The number of ether oxygens (including phenoxy) is 1. The molecule has 1 aliphatic rings. The van der Waals surface area contributed by atoms with E-state index in [1.54, 1.807) is 24.3 Å². The van der Waals surface area contributed by atoms with Crippen LogP contribution in [-0.2, 0) is 11.2 Å². The molecule has 0 bridgehead atoms. The minimum atomic E-state index is -1.41. The van der Waals surface area contributed by atoms with Crippen molar-refractivity contribution in [2.75, 3.05) is 0 Å². The standard InChI is InChI=1S/C33H24ClNO3/c34-26-18-15-25(16-19-26)31(36)35-33(21-22-9-3-1-4-10-22)29(24-12-5-2-6-13-24)28-20-17-23-11-7-8-14-27(23)30(28)38-32(33)37/h1-20,29H,21H2,(H,35,36)/t29-,33-/m0/s1. The number of amides is 1. The van der Waals surface area contributed by atoms with Crippen LogP contribution in [0.4, 0.5) is 0 Å². The number of hydrogen-bond acceptors (Lipinski definition) is 3. The van der Waals surface area contributed by atoms with Crippen LogP contribution >= 0.6 is 11.6 Å². The Balaban J connectivity index is 1.58. The molecule has 5 heteroatoms. The van der Waals surface area contributed by atoms with Gasteiger partial charge in [-0.15, -0.1) is 0 Å². The van der Waals surface area contributed by atoms with Crippen LogP contribution in [-0.4, -0.2) is 17.4 Å². The van der Waals surface area contributed by atoms with Gasteiger partial charge in [0, 0.05) is 33.9 Å². The highest BCUT2D eigenvalue weighted by Gasteiger charge is 2.54. The number of carbonyl (C=O) groups is 2. The van der Waals surface area contributed by atoms with Gasteiger partial charge >= 0.3 is 5.97 Å². The summed E-state index contributed by atoms with van der Waals surface area (Å²) in [6.45, 7) is 0. The summed E-state index contributed by atoms with van der Waals surface area (Å²) in [5.41, 5.74) is 1.67. The molecule has 4 nitrogen and oxygen atoms in total. The van der Waals surface area contributed by atoms with Crippen molar-refractivity contribution in [3.8, 4) is 5.75 Å². The zero-order chi connectivity index (χ0) is 26.1. The Morgan fingerprint density at radius 1 is 0.789 bits per heavy atom. The maximum absolute atomic E-state index is 14.3. The highest BCUT2D eigenvalue weighted by molar-refractivity contribution is 6.30. The Bertz CT molecular complexity index is 1630. The van der Waals surface area contributed by atoms with Crippen molar-refractivity contribution in [2.24, 2.45) is 0 Å². The predicted octanol–water partition coefficient (Wildman–Crippen LogP) is 6.96. The zero-order valence-corrected chi connectivity index (χ0v) is 21.2. The van der Waals surface area contributed by atoms with E-state index in [4.69, 9.17) is 16.3 Å². The molecule has 0 saturated heterocycles. The van der Waals surface area contributed by atoms with Gasteiger partial charge in [-0.25, -0.2) is 4.79 Å². The van der Waals surface area contributed by atoms with E-state index in [1.807, 2.05) is 97.1 Å². The molecule has 2 atom stereocenters. The average molecular weight is 518 g/mol. The fourth-order valence-electron chi connectivity index (χ4n) is 5.41. The second-order valence-corrected chi connectivity index (χ2v) is 9.97. The molecule has 0 radical (unpaired) electrons. The zero-order valence-electron chi connectivity index (χ0n) is 20.4. The second kappa shape index (κ2) is 9.81. The van der Waals surface area contributed by atoms with Gasteiger partial charge in [-0.1, -0.05) is 109 Å². The third-order valence-corrected chi connectivity index (χ3v) is 7.43. The number of benzene rings is 5. The smallest absolute Gasteiger partial charge is 0.338 e. The lowest BCUT2D eigenvalue weighted by Crippen LogP contribution is -2.63. The first kappa shape index (κ1) is 24.0. The summed E-state index contributed by atoms with van der Waals surface area (Å²) in [7, 11) is 0. The number of rotatable bonds is 5. The van der Waals surface area contributed by atoms with E-state index in [-0.39, 0.29) is 12.3 Å². The predicted molar refractivity (Wildman–Crippen MR) is 150 cm³/mol. The molecule has 0 aliphatic carbocycles. The van der Waals surface area contributed by atoms with Crippen molar-refractivity contribution >= 4 is 34.2 Å². The molecule has 0 unspecified atom stereocenters. The van der Waals surface area contributed by atoms with Crippen molar-refractivity contribution in [1.29, 1.82) is 0 Å². The van der Waals surface area contributed by atoms with Crippen LogP contribution in [0.1, 0.15) is 33.0 Å². The van der Waals surface area contributed by atoms with Crippen LogP contribution in [0.25, 0.3) is 10.8 Å². The minimum absolute atomic E-state index is 0.248. The van der Waals surface area contributed by atoms with Crippen LogP contribution in [0.2, 0.25) is 5.02 Å². The molecule has 5 aromatic carbocycles. The normalized spacial score (nSPS) is 18.4. The Kier molecular flexibility index (Phi) is 6.18. The number of carbonyl (C=O) groups excluding carboxylic acids is 2. The maximum Gasteiger partial charge on any atom is 0.338 e. The number of fused-ring (bicyclic) bond motifs is 3. The summed E-state index contributed by atoms with van der Waals surface area (Å²) in [5.74, 6) is -0.839. The molecule has 186 valence electrons. The van der Waals surface area contributed by atoms with Crippen molar-refractivity contribution in [3.05, 3.63) is 149 Å². The lowest BCUT2D eigenvalue weighted by molar-refractivity contribution is -0.143. The monoisotopic (exact) mass is 517 g/mol. The van der Waals surface area contributed by atoms with Crippen molar-refractivity contribution in [3.63, 3.8) is 0 Å². The van der Waals surface area contributed by atoms with Crippen LogP contribution in [0.3, 0.4) is 0 Å². The summed E-state index contributed by atoms with van der Waals surface area (Å²) < 4.78 is 6.17. The lowest BCUT2D eigenvalue weighted by Gasteiger charge is -2.44. The van der Waals surface area contributed by atoms with Gasteiger partial charge in [-0.05, 0) is 40.8 Å². The van der Waals surface area contributed by atoms with Crippen molar-refractivity contribution < 1.29 is 14.3 Å². The van der Waals surface area contributed by atoms with Crippen LogP contribution < -0.4 is 10.1 Å². The summed E-state index contributed by atoms with van der Waals surface area (Å²) in [6.07, 6.45) is 0.248. The molecule has 1 aliphatic heterocycles. The summed E-state index contributed by atoms with van der Waals surface area (Å²) in [4.78, 5) is 28.0. The SMILES string of the molecule is O=C(N[C@]1(Cc2ccccc2)C(=O)Oc2c(ccc3ccccc23)[C@@H]1c1ccccc1)c1ccc(Cl)cc1. The van der Waals surface area contributed by atoms with Gasteiger partial charge in [0.25, 0.3) is 5.91 Å². The van der Waals surface area contributed by atoms with Gasteiger partial charge < -0.3 is 10.1 Å². The van der Waals surface area contributed by atoms with Gasteiger partial charge in [0.15, 0.2) is 5.54 Å². The third kappa shape index (κ3) is 4.23. The Hall–Kier alpha value is -4.41. The molecule has 0 fully saturated rings.